The monoisotopic (exact) mass is 489 g/mol. The summed E-state index contributed by atoms with van der Waals surface area (Å²) in [5, 5.41) is 4.16. The van der Waals surface area contributed by atoms with E-state index in [4.69, 9.17) is 17.0 Å². The number of aromatic nitrogens is 3. The third-order valence-electron chi connectivity index (χ3n) is 6.17. The molecule has 0 amide bonds. The molecule has 36 heavy (non-hydrogen) atoms. The van der Waals surface area contributed by atoms with E-state index in [9.17, 15) is 0 Å². The van der Waals surface area contributed by atoms with Crippen molar-refractivity contribution in [2.75, 3.05) is 4.90 Å². The fourth-order valence-electron chi connectivity index (χ4n) is 4.57. The molecular formula is C29H23N5OS. The maximum absolute atomic E-state index is 6.00. The summed E-state index contributed by atoms with van der Waals surface area (Å²) in [7, 11) is 0. The lowest BCUT2D eigenvalue weighted by Crippen LogP contribution is -2.30. The lowest BCUT2D eigenvalue weighted by Gasteiger charge is -2.29. The Kier molecular flexibility index (Phi) is 5.89. The Hall–Kier alpha value is -4.49. The van der Waals surface area contributed by atoms with Crippen molar-refractivity contribution in [3.8, 4) is 17.3 Å². The number of ether oxygens (including phenoxy) is 1. The normalized spacial score (nSPS) is 17.1. The second-order valence-corrected chi connectivity index (χ2v) is 8.78. The molecule has 3 aromatic heterocycles. The van der Waals surface area contributed by atoms with Crippen molar-refractivity contribution in [1.82, 2.24) is 19.9 Å². The molecule has 4 heterocycles. The molecule has 1 fully saturated rings. The van der Waals surface area contributed by atoms with Crippen molar-refractivity contribution < 1.29 is 4.74 Å². The van der Waals surface area contributed by atoms with E-state index in [1.165, 1.54) is 0 Å². The molecule has 176 valence electrons. The Morgan fingerprint density at radius 2 is 1.44 bits per heavy atom. The van der Waals surface area contributed by atoms with E-state index in [0.29, 0.717) is 5.11 Å². The van der Waals surface area contributed by atoms with Gasteiger partial charge in [-0.05, 0) is 85.0 Å². The highest BCUT2D eigenvalue weighted by molar-refractivity contribution is 7.80. The van der Waals surface area contributed by atoms with E-state index in [-0.39, 0.29) is 12.1 Å². The number of anilines is 1. The smallest absolute Gasteiger partial charge is 0.174 e. The standard InChI is InChI=1S/C29H23N5OS/c36-29-32-27(24-11-4-6-18-30-24)28(25-12-8-20-33(25)26-13-5-7-19-31-26)34(29)21-14-16-23(17-15-21)35-22-9-2-1-3-10-22/h1-20,27-28H,(H,32,36)/t27-,28-/m1/s1. The average molecular weight is 490 g/mol. The Bertz CT molecular complexity index is 1460. The average Bonchev–Trinajstić information content (AvgIpc) is 3.55. The molecule has 2 aromatic carbocycles. The summed E-state index contributed by atoms with van der Waals surface area (Å²) < 4.78 is 8.11. The zero-order valence-corrected chi connectivity index (χ0v) is 20.1. The maximum Gasteiger partial charge on any atom is 0.174 e. The summed E-state index contributed by atoms with van der Waals surface area (Å²) >= 11 is 5.88. The predicted octanol–water partition coefficient (Wildman–Crippen LogP) is 6.24. The molecule has 1 saturated heterocycles. The molecule has 0 saturated carbocycles. The first-order valence-electron chi connectivity index (χ1n) is 11.7. The van der Waals surface area contributed by atoms with Crippen LogP contribution in [0.2, 0.25) is 0 Å². The summed E-state index contributed by atoms with van der Waals surface area (Å²) in [4.78, 5) is 11.4. The molecule has 1 N–H and O–H groups in total. The van der Waals surface area contributed by atoms with Gasteiger partial charge in [0, 0.05) is 30.0 Å². The zero-order valence-electron chi connectivity index (χ0n) is 19.3. The summed E-state index contributed by atoms with van der Waals surface area (Å²) in [6, 6.07) is 33.5. The number of nitrogens with one attached hydrogen (secondary N) is 1. The van der Waals surface area contributed by atoms with Gasteiger partial charge in [-0.2, -0.15) is 0 Å². The zero-order chi connectivity index (χ0) is 24.3. The number of nitrogens with zero attached hydrogens (tertiary/aromatic N) is 4. The molecule has 1 aliphatic rings. The van der Waals surface area contributed by atoms with Crippen LogP contribution in [0, 0.1) is 0 Å². The van der Waals surface area contributed by atoms with Crippen molar-refractivity contribution in [1.29, 1.82) is 0 Å². The first-order valence-corrected chi connectivity index (χ1v) is 12.1. The van der Waals surface area contributed by atoms with Gasteiger partial charge in [-0.15, -0.1) is 0 Å². The van der Waals surface area contributed by atoms with Crippen LogP contribution < -0.4 is 15.0 Å². The minimum Gasteiger partial charge on any atom is -0.457 e. The fraction of sp³-hybridized carbons (Fsp3) is 0.0690. The van der Waals surface area contributed by atoms with Crippen LogP contribution in [0.3, 0.4) is 0 Å². The lowest BCUT2D eigenvalue weighted by atomic mass is 10.0. The summed E-state index contributed by atoms with van der Waals surface area (Å²) in [6.07, 6.45) is 5.65. The molecule has 1 aliphatic heterocycles. The van der Waals surface area contributed by atoms with Gasteiger partial charge in [0.05, 0.1) is 11.7 Å². The molecule has 0 radical (unpaired) electrons. The van der Waals surface area contributed by atoms with Crippen LogP contribution in [0.1, 0.15) is 23.5 Å². The SMILES string of the molecule is S=C1N[C@H](c2ccccn2)[C@@H](c2cccn2-c2ccccn2)N1c1ccc(Oc2ccccc2)cc1. The number of hydrogen-bond donors (Lipinski definition) is 1. The van der Waals surface area contributed by atoms with Crippen molar-refractivity contribution in [3.05, 3.63) is 133 Å². The topological polar surface area (TPSA) is 55.2 Å². The highest BCUT2D eigenvalue weighted by Gasteiger charge is 2.42. The maximum atomic E-state index is 6.00. The van der Waals surface area contributed by atoms with Crippen LogP contribution in [0.15, 0.2) is 122 Å². The van der Waals surface area contributed by atoms with Crippen LogP contribution in [-0.4, -0.2) is 19.6 Å². The summed E-state index contributed by atoms with van der Waals surface area (Å²) in [5.74, 6) is 2.41. The minimum absolute atomic E-state index is 0.142. The second-order valence-electron chi connectivity index (χ2n) is 8.40. The Labute approximate surface area is 214 Å². The van der Waals surface area contributed by atoms with Crippen LogP contribution >= 0.6 is 12.2 Å². The predicted molar refractivity (Wildman–Crippen MR) is 144 cm³/mol. The van der Waals surface area contributed by atoms with E-state index < -0.39 is 0 Å². The third kappa shape index (κ3) is 4.21. The molecule has 5 aromatic rings. The van der Waals surface area contributed by atoms with Crippen molar-refractivity contribution in [3.63, 3.8) is 0 Å². The van der Waals surface area contributed by atoms with Crippen LogP contribution in [0.4, 0.5) is 5.69 Å². The van der Waals surface area contributed by atoms with Gasteiger partial charge in [0.25, 0.3) is 0 Å². The molecule has 2 atom stereocenters. The van der Waals surface area contributed by atoms with Crippen LogP contribution in [0.25, 0.3) is 5.82 Å². The van der Waals surface area contributed by atoms with Crippen LogP contribution in [0.5, 0.6) is 11.5 Å². The van der Waals surface area contributed by atoms with E-state index in [1.54, 1.807) is 6.20 Å². The van der Waals surface area contributed by atoms with E-state index in [1.807, 2.05) is 109 Å². The fourth-order valence-corrected chi connectivity index (χ4v) is 4.92. The van der Waals surface area contributed by atoms with Gasteiger partial charge in [-0.25, -0.2) is 4.98 Å². The first kappa shape index (κ1) is 22.0. The van der Waals surface area contributed by atoms with Crippen molar-refractivity contribution in [2.45, 2.75) is 12.1 Å². The quantitative estimate of drug-likeness (QED) is 0.285. The van der Waals surface area contributed by atoms with Gasteiger partial charge in [0.2, 0.25) is 0 Å². The van der Waals surface area contributed by atoms with Gasteiger partial charge in [-0.3, -0.25) is 4.98 Å². The molecule has 0 bridgehead atoms. The largest absolute Gasteiger partial charge is 0.457 e. The minimum atomic E-state index is -0.148. The first-order chi connectivity index (χ1) is 17.8. The Balaban J connectivity index is 1.40. The van der Waals surface area contributed by atoms with Gasteiger partial charge in [0.1, 0.15) is 23.4 Å². The van der Waals surface area contributed by atoms with Gasteiger partial charge in [-0.1, -0.05) is 30.3 Å². The Morgan fingerprint density at radius 1 is 0.722 bits per heavy atom. The molecular weight excluding hydrogens is 466 g/mol. The number of rotatable bonds is 6. The number of benzene rings is 2. The van der Waals surface area contributed by atoms with Gasteiger partial charge in [0.15, 0.2) is 5.11 Å². The molecule has 7 heteroatoms. The van der Waals surface area contributed by atoms with Crippen molar-refractivity contribution in [2.24, 2.45) is 0 Å². The molecule has 6 rings (SSSR count). The molecule has 0 spiro atoms. The summed E-state index contributed by atoms with van der Waals surface area (Å²) in [5.41, 5.74) is 2.94. The van der Waals surface area contributed by atoms with Crippen LogP contribution in [-0.2, 0) is 0 Å². The van der Waals surface area contributed by atoms with Crippen molar-refractivity contribution >= 4 is 23.0 Å². The van der Waals surface area contributed by atoms with E-state index in [2.05, 4.69) is 30.8 Å². The number of para-hydroxylation sites is 1. The number of pyridine rings is 2. The third-order valence-corrected chi connectivity index (χ3v) is 6.49. The highest BCUT2D eigenvalue weighted by Crippen LogP contribution is 2.42. The van der Waals surface area contributed by atoms with Gasteiger partial charge >= 0.3 is 0 Å². The van der Waals surface area contributed by atoms with Gasteiger partial charge < -0.3 is 19.5 Å². The highest BCUT2D eigenvalue weighted by atomic mass is 32.1. The number of hydrogen-bond acceptors (Lipinski definition) is 4. The molecule has 6 nitrogen and oxygen atoms in total. The van der Waals surface area contributed by atoms with E-state index >= 15 is 0 Å². The number of thiocarbonyl (C=S) groups is 1. The molecule has 0 unspecified atom stereocenters. The molecule has 0 aliphatic carbocycles. The van der Waals surface area contributed by atoms with E-state index in [0.717, 1.165) is 34.4 Å². The second kappa shape index (κ2) is 9.64. The lowest BCUT2D eigenvalue weighted by molar-refractivity contribution is 0.482. The summed E-state index contributed by atoms with van der Waals surface area (Å²) in [6.45, 7) is 0. The Morgan fingerprint density at radius 3 is 2.17 bits per heavy atom.